The maximum Gasteiger partial charge on any atom is 0.257 e. The molecular formula is C16H14N4O. The average molecular weight is 278 g/mol. The van der Waals surface area contributed by atoms with Crippen LogP contribution < -0.4 is 5.43 Å². The number of anilines is 1. The van der Waals surface area contributed by atoms with E-state index >= 15 is 0 Å². The molecule has 0 fully saturated rings. The van der Waals surface area contributed by atoms with Gasteiger partial charge in [0.2, 0.25) is 0 Å². The number of hydrogen-bond acceptors (Lipinski definition) is 5. The lowest BCUT2D eigenvalue weighted by Gasteiger charge is -1.99. The van der Waals surface area contributed by atoms with Crippen LogP contribution in [0.1, 0.15) is 11.4 Å². The smallest absolute Gasteiger partial charge is 0.257 e. The molecule has 0 unspecified atom stereocenters. The van der Waals surface area contributed by atoms with E-state index in [1.807, 2.05) is 54.6 Å². The number of aromatic nitrogens is 2. The monoisotopic (exact) mass is 278 g/mol. The third-order valence-electron chi connectivity index (χ3n) is 2.84. The van der Waals surface area contributed by atoms with E-state index in [0.717, 1.165) is 16.8 Å². The number of rotatable bonds is 4. The highest BCUT2D eigenvalue weighted by Gasteiger charge is 2.05. The van der Waals surface area contributed by atoms with Crippen LogP contribution in [-0.4, -0.2) is 16.4 Å². The minimum atomic E-state index is 0.513. The summed E-state index contributed by atoms with van der Waals surface area (Å²) in [4.78, 5) is 4.21. The van der Waals surface area contributed by atoms with Gasteiger partial charge < -0.3 is 4.52 Å². The number of aryl methyl sites for hydroxylation is 1. The van der Waals surface area contributed by atoms with E-state index in [4.69, 9.17) is 4.52 Å². The van der Waals surface area contributed by atoms with Crippen LogP contribution in [0.15, 0.2) is 64.2 Å². The minimum Gasteiger partial charge on any atom is -0.334 e. The Balaban J connectivity index is 1.74. The Morgan fingerprint density at radius 2 is 1.95 bits per heavy atom. The first-order valence-electron chi connectivity index (χ1n) is 6.56. The summed E-state index contributed by atoms with van der Waals surface area (Å²) in [6.45, 7) is 1.79. The average Bonchev–Trinajstić information content (AvgIpc) is 2.95. The molecule has 0 aliphatic rings. The molecule has 3 aromatic rings. The summed E-state index contributed by atoms with van der Waals surface area (Å²) in [7, 11) is 0. The Kier molecular flexibility index (Phi) is 3.73. The molecule has 0 aliphatic heterocycles. The first-order valence-corrected chi connectivity index (χ1v) is 6.56. The maximum absolute atomic E-state index is 5.16. The van der Waals surface area contributed by atoms with Crippen LogP contribution in [-0.2, 0) is 0 Å². The van der Waals surface area contributed by atoms with Crippen LogP contribution in [0.3, 0.4) is 0 Å². The van der Waals surface area contributed by atoms with Crippen molar-refractivity contribution < 1.29 is 4.52 Å². The number of hydrazone groups is 1. The van der Waals surface area contributed by atoms with E-state index in [1.165, 1.54) is 0 Å². The van der Waals surface area contributed by atoms with E-state index in [0.29, 0.717) is 11.7 Å². The predicted octanol–water partition coefficient (Wildman–Crippen LogP) is 3.49. The molecule has 0 atom stereocenters. The summed E-state index contributed by atoms with van der Waals surface area (Å²) in [5, 5.41) is 8.00. The standard InChI is InChI=1S/C16H14N4O/c1-12-18-16(21-20-12)14-7-5-6-13(10-14)11-17-19-15-8-3-2-4-9-15/h2-11,19H,1H3. The van der Waals surface area contributed by atoms with E-state index in [9.17, 15) is 0 Å². The zero-order valence-corrected chi connectivity index (χ0v) is 11.5. The minimum absolute atomic E-state index is 0.513. The highest BCUT2D eigenvalue weighted by molar-refractivity contribution is 5.82. The summed E-state index contributed by atoms with van der Waals surface area (Å²) in [5.74, 6) is 1.13. The molecule has 1 N–H and O–H groups in total. The molecule has 5 nitrogen and oxygen atoms in total. The molecule has 3 rings (SSSR count). The quantitative estimate of drug-likeness (QED) is 0.586. The SMILES string of the molecule is Cc1noc(-c2cccc(C=NNc3ccccc3)c2)n1. The van der Waals surface area contributed by atoms with Gasteiger partial charge in [-0.1, -0.05) is 35.5 Å². The fourth-order valence-electron chi connectivity index (χ4n) is 1.86. The van der Waals surface area contributed by atoms with Gasteiger partial charge in [0.25, 0.3) is 5.89 Å². The van der Waals surface area contributed by atoms with Gasteiger partial charge in [0.15, 0.2) is 5.82 Å². The Morgan fingerprint density at radius 1 is 1.10 bits per heavy atom. The molecule has 104 valence electrons. The van der Waals surface area contributed by atoms with E-state index in [-0.39, 0.29) is 0 Å². The topological polar surface area (TPSA) is 63.3 Å². The summed E-state index contributed by atoms with van der Waals surface area (Å²) < 4.78 is 5.16. The molecule has 5 heteroatoms. The van der Waals surface area contributed by atoms with Crippen LogP contribution >= 0.6 is 0 Å². The normalized spacial score (nSPS) is 10.9. The van der Waals surface area contributed by atoms with Crippen molar-refractivity contribution in [2.24, 2.45) is 5.10 Å². The van der Waals surface area contributed by atoms with Gasteiger partial charge in [-0.15, -0.1) is 0 Å². The van der Waals surface area contributed by atoms with Gasteiger partial charge in [-0.25, -0.2) is 0 Å². The summed E-state index contributed by atoms with van der Waals surface area (Å²) in [6, 6.07) is 17.5. The van der Waals surface area contributed by atoms with Crippen LogP contribution in [0.4, 0.5) is 5.69 Å². The molecule has 1 aromatic heterocycles. The van der Waals surface area contributed by atoms with Crippen LogP contribution in [0.2, 0.25) is 0 Å². The summed E-state index contributed by atoms with van der Waals surface area (Å²) in [6.07, 6.45) is 1.75. The van der Waals surface area contributed by atoms with Crippen molar-refractivity contribution in [1.82, 2.24) is 10.1 Å². The first-order chi connectivity index (χ1) is 10.3. The Labute approximate surface area is 122 Å². The molecule has 0 saturated carbocycles. The van der Waals surface area contributed by atoms with Crippen LogP contribution in [0, 0.1) is 6.92 Å². The largest absolute Gasteiger partial charge is 0.334 e. The molecule has 0 spiro atoms. The van der Waals surface area contributed by atoms with Crippen molar-refractivity contribution >= 4 is 11.9 Å². The van der Waals surface area contributed by atoms with Gasteiger partial charge in [-0.2, -0.15) is 10.1 Å². The predicted molar refractivity (Wildman–Crippen MR) is 82.1 cm³/mol. The zero-order valence-electron chi connectivity index (χ0n) is 11.5. The second-order valence-electron chi connectivity index (χ2n) is 4.51. The fourth-order valence-corrected chi connectivity index (χ4v) is 1.86. The lowest BCUT2D eigenvalue weighted by atomic mass is 10.1. The van der Waals surface area contributed by atoms with Crippen LogP contribution in [0.5, 0.6) is 0 Å². The van der Waals surface area contributed by atoms with Gasteiger partial charge in [0, 0.05) is 5.56 Å². The van der Waals surface area contributed by atoms with Crippen molar-refractivity contribution in [3.05, 3.63) is 66.0 Å². The number of nitrogens with one attached hydrogen (secondary N) is 1. The van der Waals surface area contributed by atoms with E-state index in [2.05, 4.69) is 20.7 Å². The first kappa shape index (κ1) is 13.1. The van der Waals surface area contributed by atoms with Crippen molar-refractivity contribution in [3.63, 3.8) is 0 Å². The van der Waals surface area contributed by atoms with Gasteiger partial charge in [-0.3, -0.25) is 5.43 Å². The highest BCUT2D eigenvalue weighted by atomic mass is 16.5. The number of para-hydroxylation sites is 1. The van der Waals surface area contributed by atoms with E-state index < -0.39 is 0 Å². The van der Waals surface area contributed by atoms with Crippen molar-refractivity contribution in [3.8, 4) is 11.5 Å². The van der Waals surface area contributed by atoms with Gasteiger partial charge in [0.1, 0.15) is 0 Å². The molecule has 21 heavy (non-hydrogen) atoms. The number of benzene rings is 2. The van der Waals surface area contributed by atoms with Gasteiger partial charge in [-0.05, 0) is 36.8 Å². The van der Waals surface area contributed by atoms with Crippen LogP contribution in [0.25, 0.3) is 11.5 Å². The number of nitrogens with zero attached hydrogens (tertiary/aromatic N) is 3. The molecule has 0 radical (unpaired) electrons. The number of hydrogen-bond donors (Lipinski definition) is 1. The molecule has 1 heterocycles. The summed E-state index contributed by atoms with van der Waals surface area (Å²) >= 11 is 0. The van der Waals surface area contributed by atoms with Crippen molar-refractivity contribution in [2.75, 3.05) is 5.43 Å². The molecule has 0 saturated heterocycles. The van der Waals surface area contributed by atoms with Crippen molar-refractivity contribution in [2.45, 2.75) is 6.92 Å². The van der Waals surface area contributed by atoms with Crippen molar-refractivity contribution in [1.29, 1.82) is 0 Å². The third-order valence-corrected chi connectivity index (χ3v) is 2.84. The second-order valence-corrected chi connectivity index (χ2v) is 4.51. The highest BCUT2D eigenvalue weighted by Crippen LogP contribution is 2.17. The summed E-state index contributed by atoms with van der Waals surface area (Å²) in [5.41, 5.74) is 5.74. The third kappa shape index (κ3) is 3.33. The van der Waals surface area contributed by atoms with E-state index in [1.54, 1.807) is 13.1 Å². The molecular weight excluding hydrogens is 264 g/mol. The van der Waals surface area contributed by atoms with Gasteiger partial charge >= 0.3 is 0 Å². The molecule has 0 aliphatic carbocycles. The fraction of sp³-hybridized carbons (Fsp3) is 0.0625. The lowest BCUT2D eigenvalue weighted by molar-refractivity contribution is 0.425. The maximum atomic E-state index is 5.16. The van der Waals surface area contributed by atoms with Gasteiger partial charge in [0.05, 0.1) is 11.9 Å². The Morgan fingerprint density at radius 3 is 2.71 bits per heavy atom. The Hall–Kier alpha value is -2.95. The lowest BCUT2D eigenvalue weighted by Crippen LogP contribution is -1.90. The zero-order chi connectivity index (χ0) is 14.5. The molecule has 0 amide bonds. The Bertz CT molecular complexity index is 750. The molecule has 0 bridgehead atoms. The second kappa shape index (κ2) is 6.00. The molecule has 2 aromatic carbocycles.